The van der Waals surface area contributed by atoms with E-state index in [0.29, 0.717) is 19.5 Å². The molecule has 0 bridgehead atoms. The highest BCUT2D eigenvalue weighted by Gasteiger charge is 2.28. The Morgan fingerprint density at radius 2 is 1.86 bits per heavy atom. The highest BCUT2D eigenvalue weighted by atomic mass is 16.6. The quantitative estimate of drug-likeness (QED) is 0.799. The van der Waals surface area contributed by atoms with Crippen LogP contribution in [0.1, 0.15) is 66.7 Å². The molecule has 1 fully saturated rings. The number of rotatable bonds is 4. The third-order valence-electron chi connectivity index (χ3n) is 3.91. The van der Waals surface area contributed by atoms with E-state index in [1.807, 2.05) is 39.5 Å². The van der Waals surface area contributed by atoms with Gasteiger partial charge in [-0.25, -0.2) is 4.79 Å². The number of carbonyl (C=O) groups excluding carboxylic acids is 2. The second-order valence-electron chi connectivity index (χ2n) is 6.98. The molecule has 1 rings (SSSR count). The first-order chi connectivity index (χ1) is 10.3. The van der Waals surface area contributed by atoms with Crippen LogP contribution in [0, 0.1) is 0 Å². The van der Waals surface area contributed by atoms with Crippen molar-refractivity contribution in [2.75, 3.05) is 19.6 Å². The molecule has 5 heteroatoms. The molecule has 1 atom stereocenters. The average molecular weight is 312 g/mol. The molecule has 0 radical (unpaired) electrons. The summed E-state index contributed by atoms with van der Waals surface area (Å²) in [7, 11) is 0. The fraction of sp³-hybridized carbons (Fsp3) is 0.882. The van der Waals surface area contributed by atoms with Gasteiger partial charge in [0.2, 0.25) is 5.91 Å². The lowest BCUT2D eigenvalue weighted by atomic mass is 10.1. The van der Waals surface area contributed by atoms with Gasteiger partial charge in [-0.1, -0.05) is 6.92 Å². The van der Waals surface area contributed by atoms with E-state index in [-0.39, 0.29) is 18.0 Å². The van der Waals surface area contributed by atoms with E-state index in [4.69, 9.17) is 4.74 Å². The monoisotopic (exact) mass is 312 g/mol. The van der Waals surface area contributed by atoms with Crippen molar-refractivity contribution in [2.45, 2.75) is 78.4 Å². The molecule has 2 amide bonds. The van der Waals surface area contributed by atoms with Crippen LogP contribution in [-0.2, 0) is 9.53 Å². The molecule has 1 aliphatic heterocycles. The van der Waals surface area contributed by atoms with Crippen molar-refractivity contribution in [3.05, 3.63) is 0 Å². The summed E-state index contributed by atoms with van der Waals surface area (Å²) in [5.41, 5.74) is -0.463. The van der Waals surface area contributed by atoms with Crippen LogP contribution in [-0.4, -0.2) is 53.1 Å². The van der Waals surface area contributed by atoms with Crippen molar-refractivity contribution in [3.8, 4) is 0 Å². The van der Waals surface area contributed by atoms with Gasteiger partial charge in [0.25, 0.3) is 0 Å². The van der Waals surface area contributed by atoms with E-state index in [1.54, 1.807) is 4.90 Å². The SMILES string of the molecule is CCCC(=O)N(CC)[C@@H]1CCCN(C(=O)OC(C)(C)C)CC1. The molecule has 22 heavy (non-hydrogen) atoms. The minimum Gasteiger partial charge on any atom is -0.444 e. The summed E-state index contributed by atoms with van der Waals surface area (Å²) in [5.74, 6) is 0.237. The van der Waals surface area contributed by atoms with Crippen molar-refractivity contribution >= 4 is 12.0 Å². The standard InChI is InChI=1S/C17H32N2O3/c1-6-9-15(20)19(7-2)14-10-8-12-18(13-11-14)16(21)22-17(3,4)5/h14H,6-13H2,1-5H3/t14-/m1/s1. The lowest BCUT2D eigenvalue weighted by Crippen LogP contribution is -2.41. The number of amides is 2. The molecule has 0 aromatic heterocycles. The van der Waals surface area contributed by atoms with Gasteiger partial charge in [-0.15, -0.1) is 0 Å². The van der Waals surface area contributed by atoms with Crippen molar-refractivity contribution in [3.63, 3.8) is 0 Å². The van der Waals surface area contributed by atoms with Gasteiger partial charge < -0.3 is 14.5 Å². The van der Waals surface area contributed by atoms with Gasteiger partial charge in [-0.05, 0) is 53.4 Å². The summed E-state index contributed by atoms with van der Waals surface area (Å²) in [4.78, 5) is 28.2. The number of nitrogens with zero attached hydrogens (tertiary/aromatic N) is 2. The van der Waals surface area contributed by atoms with Crippen LogP contribution in [0.3, 0.4) is 0 Å². The Kier molecular flexibility index (Phi) is 7.17. The number of likely N-dealkylation sites (tertiary alicyclic amines) is 1. The maximum atomic E-state index is 12.2. The molecular weight excluding hydrogens is 280 g/mol. The van der Waals surface area contributed by atoms with Crippen molar-refractivity contribution in [1.29, 1.82) is 0 Å². The number of ether oxygens (including phenoxy) is 1. The van der Waals surface area contributed by atoms with E-state index < -0.39 is 5.60 Å². The summed E-state index contributed by atoms with van der Waals surface area (Å²) in [6, 6.07) is 0.247. The second-order valence-corrected chi connectivity index (χ2v) is 6.98. The summed E-state index contributed by atoms with van der Waals surface area (Å²) in [5, 5.41) is 0. The van der Waals surface area contributed by atoms with Gasteiger partial charge >= 0.3 is 6.09 Å². The number of carbonyl (C=O) groups is 2. The average Bonchev–Trinajstić information content (AvgIpc) is 2.64. The van der Waals surface area contributed by atoms with Crippen LogP contribution < -0.4 is 0 Å². The van der Waals surface area contributed by atoms with Crippen LogP contribution in [0.15, 0.2) is 0 Å². The summed E-state index contributed by atoms with van der Waals surface area (Å²) in [6.45, 7) is 11.8. The minimum atomic E-state index is -0.463. The lowest BCUT2D eigenvalue weighted by Gasteiger charge is -2.30. The Labute approximate surface area is 135 Å². The normalized spacial score (nSPS) is 19.5. The Bertz CT molecular complexity index is 377. The molecule has 0 aromatic rings. The van der Waals surface area contributed by atoms with E-state index in [2.05, 4.69) is 0 Å². The predicted octanol–water partition coefficient (Wildman–Crippen LogP) is 3.42. The predicted molar refractivity (Wildman–Crippen MR) is 87.7 cm³/mol. The Morgan fingerprint density at radius 1 is 1.18 bits per heavy atom. The van der Waals surface area contributed by atoms with Gasteiger partial charge in [0.1, 0.15) is 5.60 Å². The van der Waals surface area contributed by atoms with Gasteiger partial charge in [0.15, 0.2) is 0 Å². The van der Waals surface area contributed by atoms with Gasteiger partial charge in [0, 0.05) is 32.1 Å². The van der Waals surface area contributed by atoms with Crippen molar-refractivity contribution < 1.29 is 14.3 Å². The van der Waals surface area contributed by atoms with Crippen LogP contribution in [0.2, 0.25) is 0 Å². The summed E-state index contributed by atoms with van der Waals surface area (Å²) < 4.78 is 5.45. The number of hydrogen-bond acceptors (Lipinski definition) is 3. The first kappa shape index (κ1) is 18.8. The maximum absolute atomic E-state index is 12.2. The Morgan fingerprint density at radius 3 is 2.41 bits per heavy atom. The molecule has 1 heterocycles. The largest absolute Gasteiger partial charge is 0.444 e. The van der Waals surface area contributed by atoms with Crippen molar-refractivity contribution in [2.24, 2.45) is 0 Å². The molecule has 0 saturated carbocycles. The third-order valence-corrected chi connectivity index (χ3v) is 3.91. The second kappa shape index (κ2) is 8.39. The fourth-order valence-corrected chi connectivity index (χ4v) is 2.90. The first-order valence-corrected chi connectivity index (χ1v) is 8.55. The Balaban J connectivity index is 2.61. The van der Waals surface area contributed by atoms with E-state index in [1.165, 1.54) is 0 Å². The molecule has 128 valence electrons. The van der Waals surface area contributed by atoms with Crippen LogP contribution in [0.25, 0.3) is 0 Å². The first-order valence-electron chi connectivity index (χ1n) is 8.55. The fourth-order valence-electron chi connectivity index (χ4n) is 2.90. The maximum Gasteiger partial charge on any atom is 0.410 e. The van der Waals surface area contributed by atoms with E-state index in [0.717, 1.165) is 32.2 Å². The van der Waals surface area contributed by atoms with Gasteiger partial charge in [0.05, 0.1) is 0 Å². The van der Waals surface area contributed by atoms with Crippen LogP contribution in [0.4, 0.5) is 4.79 Å². The molecule has 0 aliphatic carbocycles. The molecule has 0 aromatic carbocycles. The molecule has 1 saturated heterocycles. The molecule has 0 spiro atoms. The van der Waals surface area contributed by atoms with Gasteiger partial charge in [-0.2, -0.15) is 0 Å². The number of hydrogen-bond donors (Lipinski definition) is 0. The third kappa shape index (κ3) is 5.85. The molecule has 1 aliphatic rings. The zero-order valence-corrected chi connectivity index (χ0v) is 14.9. The Hall–Kier alpha value is -1.26. The van der Waals surface area contributed by atoms with Crippen LogP contribution >= 0.6 is 0 Å². The van der Waals surface area contributed by atoms with E-state index in [9.17, 15) is 9.59 Å². The molecule has 0 N–H and O–H groups in total. The highest BCUT2D eigenvalue weighted by molar-refractivity contribution is 5.76. The zero-order valence-electron chi connectivity index (χ0n) is 14.9. The van der Waals surface area contributed by atoms with Crippen molar-refractivity contribution in [1.82, 2.24) is 9.80 Å². The molecule has 5 nitrogen and oxygen atoms in total. The highest BCUT2D eigenvalue weighted by Crippen LogP contribution is 2.20. The smallest absolute Gasteiger partial charge is 0.410 e. The molecule has 0 unspecified atom stereocenters. The lowest BCUT2D eigenvalue weighted by molar-refractivity contribution is -0.133. The van der Waals surface area contributed by atoms with Crippen LogP contribution in [0.5, 0.6) is 0 Å². The topological polar surface area (TPSA) is 49.9 Å². The summed E-state index contributed by atoms with van der Waals surface area (Å²) >= 11 is 0. The van der Waals surface area contributed by atoms with E-state index >= 15 is 0 Å². The summed E-state index contributed by atoms with van der Waals surface area (Å²) in [6.07, 6.45) is 3.97. The minimum absolute atomic E-state index is 0.237. The van der Waals surface area contributed by atoms with Gasteiger partial charge in [-0.3, -0.25) is 4.79 Å². The molecular formula is C17H32N2O3. The zero-order chi connectivity index (χ0) is 16.8.